The third-order valence-corrected chi connectivity index (χ3v) is 5.21. The van der Waals surface area contributed by atoms with Crippen molar-refractivity contribution in [3.8, 4) is 6.07 Å². The van der Waals surface area contributed by atoms with Gasteiger partial charge in [-0.05, 0) is 6.92 Å². The largest absolute Gasteiger partial charge is 0.481 e. The van der Waals surface area contributed by atoms with E-state index in [1.165, 1.54) is 4.68 Å². The van der Waals surface area contributed by atoms with Crippen LogP contribution in [-0.4, -0.2) is 53.4 Å². The zero-order valence-electron chi connectivity index (χ0n) is 11.8. The van der Waals surface area contributed by atoms with Crippen molar-refractivity contribution in [3.05, 3.63) is 11.3 Å². The minimum Gasteiger partial charge on any atom is -0.481 e. The first-order valence-electron chi connectivity index (χ1n) is 6.37. The smallest absolute Gasteiger partial charge is 0.305 e. The molecule has 0 aliphatic carbocycles. The molecule has 1 aliphatic heterocycles. The second kappa shape index (κ2) is 5.37. The number of carboxylic acids is 1. The van der Waals surface area contributed by atoms with Gasteiger partial charge in [-0.1, -0.05) is 0 Å². The van der Waals surface area contributed by atoms with Gasteiger partial charge in [-0.15, -0.1) is 0 Å². The molecule has 1 unspecified atom stereocenters. The zero-order chi connectivity index (χ0) is 15.8. The van der Waals surface area contributed by atoms with Crippen LogP contribution in [0.3, 0.4) is 0 Å². The fraction of sp³-hybridized carbons (Fsp3) is 0.583. The average molecular weight is 312 g/mol. The standard InChI is InChI=1S/C12H16N4O4S/c1-8-10(6-13)12(15(2)14-8)16-3-4-21(19,20)7-9(16)5-11(17)18/h9H,3-5,7H2,1-2H3,(H,17,18). The number of carboxylic acid groups (broad SMARTS) is 1. The van der Waals surface area contributed by atoms with E-state index in [-0.39, 0.29) is 24.5 Å². The Morgan fingerprint density at radius 2 is 2.24 bits per heavy atom. The molecule has 0 amide bonds. The Bertz CT molecular complexity index is 716. The molecule has 0 bridgehead atoms. The molecule has 0 saturated carbocycles. The molecule has 9 heteroatoms. The third kappa shape index (κ3) is 3.00. The molecule has 1 saturated heterocycles. The molecule has 114 valence electrons. The highest BCUT2D eigenvalue weighted by Gasteiger charge is 2.35. The Labute approximate surface area is 122 Å². The molecule has 1 aliphatic rings. The fourth-order valence-corrected chi connectivity index (χ4v) is 4.17. The van der Waals surface area contributed by atoms with Crippen molar-refractivity contribution < 1.29 is 18.3 Å². The number of nitrogens with zero attached hydrogens (tertiary/aromatic N) is 4. The molecular weight excluding hydrogens is 296 g/mol. The molecule has 1 fully saturated rings. The van der Waals surface area contributed by atoms with Crippen molar-refractivity contribution in [3.63, 3.8) is 0 Å². The summed E-state index contributed by atoms with van der Waals surface area (Å²) in [6.07, 6.45) is -0.297. The number of hydrogen-bond acceptors (Lipinski definition) is 6. The molecule has 21 heavy (non-hydrogen) atoms. The Kier molecular flexibility index (Phi) is 3.91. The lowest BCUT2D eigenvalue weighted by Gasteiger charge is -2.36. The van der Waals surface area contributed by atoms with Crippen LogP contribution in [0.5, 0.6) is 0 Å². The maximum Gasteiger partial charge on any atom is 0.305 e. The second-order valence-electron chi connectivity index (χ2n) is 5.08. The number of hydrogen-bond donors (Lipinski definition) is 1. The predicted octanol–water partition coefficient (Wildman–Crippen LogP) is -0.322. The molecular formula is C12H16N4O4S. The van der Waals surface area contributed by atoms with E-state index in [4.69, 9.17) is 5.11 Å². The first-order chi connectivity index (χ1) is 9.75. The zero-order valence-corrected chi connectivity index (χ0v) is 12.6. The van der Waals surface area contributed by atoms with Gasteiger partial charge >= 0.3 is 5.97 Å². The van der Waals surface area contributed by atoms with Gasteiger partial charge in [0.05, 0.1) is 29.7 Å². The molecule has 1 atom stereocenters. The van der Waals surface area contributed by atoms with Gasteiger partial charge < -0.3 is 10.0 Å². The number of carbonyl (C=O) groups is 1. The highest BCUT2D eigenvalue weighted by atomic mass is 32.2. The summed E-state index contributed by atoms with van der Waals surface area (Å²) in [6, 6.07) is 1.36. The maximum absolute atomic E-state index is 11.8. The van der Waals surface area contributed by atoms with Crippen molar-refractivity contribution in [1.29, 1.82) is 5.26 Å². The lowest BCUT2D eigenvalue weighted by molar-refractivity contribution is -0.137. The van der Waals surface area contributed by atoms with Gasteiger partial charge in [-0.2, -0.15) is 10.4 Å². The summed E-state index contributed by atoms with van der Waals surface area (Å²) in [7, 11) is -1.60. The van der Waals surface area contributed by atoms with Crippen LogP contribution in [0.4, 0.5) is 5.82 Å². The minimum absolute atomic E-state index is 0.0573. The molecule has 0 radical (unpaired) electrons. The number of aryl methyl sites for hydroxylation is 2. The minimum atomic E-state index is -3.26. The Morgan fingerprint density at radius 1 is 1.57 bits per heavy atom. The van der Waals surface area contributed by atoms with Crippen molar-refractivity contribution in [2.45, 2.75) is 19.4 Å². The Morgan fingerprint density at radius 3 is 2.81 bits per heavy atom. The lowest BCUT2D eigenvalue weighted by atomic mass is 10.1. The summed E-state index contributed by atoms with van der Waals surface area (Å²) in [6.45, 7) is 1.85. The number of sulfone groups is 1. The van der Waals surface area contributed by atoms with Crippen LogP contribution in [0.2, 0.25) is 0 Å². The van der Waals surface area contributed by atoms with Gasteiger partial charge in [0.15, 0.2) is 9.84 Å². The number of aromatic nitrogens is 2. The van der Waals surface area contributed by atoms with Crippen LogP contribution < -0.4 is 4.90 Å². The Hall–Kier alpha value is -2.08. The van der Waals surface area contributed by atoms with Crippen molar-refractivity contribution in [2.24, 2.45) is 7.05 Å². The summed E-state index contributed by atoms with van der Waals surface area (Å²) in [5.41, 5.74) is 0.893. The topological polar surface area (TPSA) is 116 Å². The van der Waals surface area contributed by atoms with Gasteiger partial charge in [0.25, 0.3) is 0 Å². The SMILES string of the molecule is Cc1nn(C)c(N2CCS(=O)(=O)CC2CC(=O)O)c1C#N. The van der Waals surface area contributed by atoms with E-state index >= 15 is 0 Å². The predicted molar refractivity (Wildman–Crippen MR) is 74.7 cm³/mol. The number of anilines is 1. The van der Waals surface area contributed by atoms with Crippen LogP contribution in [-0.2, 0) is 21.7 Å². The summed E-state index contributed by atoms with van der Waals surface area (Å²) in [5.74, 6) is -0.872. The molecule has 1 aromatic heterocycles. The van der Waals surface area contributed by atoms with E-state index in [0.717, 1.165) is 0 Å². The third-order valence-electron chi connectivity index (χ3n) is 3.52. The highest BCUT2D eigenvalue weighted by molar-refractivity contribution is 7.91. The van der Waals surface area contributed by atoms with E-state index in [9.17, 15) is 18.5 Å². The quantitative estimate of drug-likeness (QED) is 0.812. The second-order valence-corrected chi connectivity index (χ2v) is 7.31. The molecule has 1 aromatic rings. The first-order valence-corrected chi connectivity index (χ1v) is 8.20. The van der Waals surface area contributed by atoms with E-state index < -0.39 is 21.8 Å². The normalized spacial score (nSPS) is 21.0. The summed E-state index contributed by atoms with van der Waals surface area (Å²) >= 11 is 0. The molecule has 2 heterocycles. The van der Waals surface area contributed by atoms with Crippen molar-refractivity contribution >= 4 is 21.6 Å². The monoisotopic (exact) mass is 312 g/mol. The van der Waals surface area contributed by atoms with Crippen LogP contribution in [0.15, 0.2) is 0 Å². The van der Waals surface area contributed by atoms with Gasteiger partial charge in [-0.3, -0.25) is 9.48 Å². The lowest BCUT2D eigenvalue weighted by Crippen LogP contribution is -2.50. The molecule has 0 aromatic carbocycles. The number of aliphatic carboxylic acids is 1. The number of rotatable bonds is 3. The van der Waals surface area contributed by atoms with E-state index in [1.807, 2.05) is 0 Å². The molecule has 0 spiro atoms. The molecule has 1 N–H and O–H groups in total. The molecule has 8 nitrogen and oxygen atoms in total. The maximum atomic E-state index is 11.8. The van der Waals surface area contributed by atoms with Gasteiger partial charge in [0.2, 0.25) is 0 Å². The summed E-state index contributed by atoms with van der Waals surface area (Å²) in [4.78, 5) is 12.7. The van der Waals surface area contributed by atoms with Gasteiger partial charge in [0, 0.05) is 13.6 Å². The van der Waals surface area contributed by atoms with Crippen LogP contribution >= 0.6 is 0 Å². The van der Waals surface area contributed by atoms with Crippen LogP contribution in [0.1, 0.15) is 17.7 Å². The average Bonchev–Trinajstić information content (AvgIpc) is 2.62. The van der Waals surface area contributed by atoms with Crippen molar-refractivity contribution in [2.75, 3.05) is 23.0 Å². The summed E-state index contributed by atoms with van der Waals surface area (Å²) in [5, 5.41) is 22.4. The van der Waals surface area contributed by atoms with Crippen LogP contribution in [0.25, 0.3) is 0 Å². The Balaban J connectivity index is 2.46. The van der Waals surface area contributed by atoms with E-state index in [2.05, 4.69) is 11.2 Å². The summed E-state index contributed by atoms with van der Waals surface area (Å²) < 4.78 is 25.0. The van der Waals surface area contributed by atoms with E-state index in [0.29, 0.717) is 17.1 Å². The van der Waals surface area contributed by atoms with Crippen LogP contribution in [0, 0.1) is 18.3 Å². The van der Waals surface area contributed by atoms with E-state index in [1.54, 1.807) is 18.9 Å². The number of nitriles is 1. The van der Waals surface area contributed by atoms with Gasteiger partial charge in [0.1, 0.15) is 17.5 Å². The first kappa shape index (κ1) is 15.3. The molecule has 2 rings (SSSR count). The van der Waals surface area contributed by atoms with Crippen molar-refractivity contribution in [1.82, 2.24) is 9.78 Å². The fourth-order valence-electron chi connectivity index (χ4n) is 2.64. The van der Waals surface area contributed by atoms with Gasteiger partial charge in [-0.25, -0.2) is 8.42 Å². The highest BCUT2D eigenvalue weighted by Crippen LogP contribution is 2.28.